The number of fused-ring (bicyclic) bond motifs is 1. The molecular formula is C30H27ClN6O3. The van der Waals surface area contributed by atoms with Crippen LogP contribution in [-0.2, 0) is 19.6 Å². The van der Waals surface area contributed by atoms with Crippen LogP contribution in [0.3, 0.4) is 0 Å². The van der Waals surface area contributed by atoms with Gasteiger partial charge in [0.05, 0.1) is 19.1 Å². The summed E-state index contributed by atoms with van der Waals surface area (Å²) in [6, 6.07) is 20.4. The number of hydrogen-bond donors (Lipinski definition) is 1. The fourth-order valence-electron chi connectivity index (χ4n) is 4.95. The molecule has 2 aromatic carbocycles. The number of H-pyrrole nitrogens is 1. The number of furan rings is 2. The summed E-state index contributed by atoms with van der Waals surface area (Å²) in [7, 11) is 0. The van der Waals surface area contributed by atoms with E-state index in [2.05, 4.69) is 38.4 Å². The Morgan fingerprint density at radius 2 is 1.70 bits per heavy atom. The lowest BCUT2D eigenvalue weighted by Gasteiger charge is -2.30. The van der Waals surface area contributed by atoms with Crippen LogP contribution in [0.5, 0.6) is 0 Å². The highest BCUT2D eigenvalue weighted by Gasteiger charge is 2.32. The van der Waals surface area contributed by atoms with Gasteiger partial charge in [0.2, 0.25) is 0 Å². The molecule has 9 nitrogen and oxygen atoms in total. The molecule has 0 saturated heterocycles. The van der Waals surface area contributed by atoms with E-state index in [0.29, 0.717) is 41.8 Å². The molecule has 40 heavy (non-hydrogen) atoms. The smallest absolute Gasteiger partial charge is 0.253 e. The third kappa shape index (κ3) is 5.21. The molecule has 10 heteroatoms. The van der Waals surface area contributed by atoms with E-state index >= 15 is 0 Å². The summed E-state index contributed by atoms with van der Waals surface area (Å²) in [5.74, 6) is 1.91. The predicted molar refractivity (Wildman–Crippen MR) is 151 cm³/mol. The lowest BCUT2D eigenvalue weighted by atomic mass is 10.00. The Kier molecular flexibility index (Phi) is 7.06. The zero-order chi connectivity index (χ0) is 27.6. The Morgan fingerprint density at radius 1 is 0.950 bits per heavy atom. The molecule has 4 heterocycles. The van der Waals surface area contributed by atoms with Gasteiger partial charge in [-0.2, -0.15) is 0 Å². The molecule has 0 bridgehead atoms. The molecule has 0 unspecified atom stereocenters. The van der Waals surface area contributed by atoms with E-state index in [1.54, 1.807) is 17.2 Å². The molecule has 6 rings (SSSR count). The summed E-state index contributed by atoms with van der Waals surface area (Å²) in [5, 5.41) is 14.3. The van der Waals surface area contributed by atoms with Gasteiger partial charge in [-0.05, 0) is 94.9 Å². The van der Waals surface area contributed by atoms with Crippen LogP contribution in [0.2, 0.25) is 5.02 Å². The minimum atomic E-state index is -0.652. The van der Waals surface area contributed by atoms with Gasteiger partial charge in [-0.25, -0.2) is 4.68 Å². The van der Waals surface area contributed by atoms with Crippen LogP contribution in [0, 0.1) is 13.8 Å². The van der Waals surface area contributed by atoms with Crippen molar-refractivity contribution in [3.8, 4) is 0 Å². The average Bonchev–Trinajstić information content (AvgIpc) is 3.72. The van der Waals surface area contributed by atoms with E-state index in [4.69, 9.17) is 20.4 Å². The summed E-state index contributed by atoms with van der Waals surface area (Å²) < 4.78 is 13.0. The van der Waals surface area contributed by atoms with Gasteiger partial charge in [-0.1, -0.05) is 29.8 Å². The van der Waals surface area contributed by atoms with Crippen molar-refractivity contribution in [3.63, 3.8) is 0 Å². The highest BCUT2D eigenvalue weighted by molar-refractivity contribution is 6.31. The van der Waals surface area contributed by atoms with Crippen molar-refractivity contribution in [1.29, 1.82) is 0 Å². The van der Waals surface area contributed by atoms with E-state index < -0.39 is 6.04 Å². The first kappa shape index (κ1) is 25.8. The molecule has 0 amide bonds. The first-order chi connectivity index (χ1) is 19.5. The molecule has 0 saturated carbocycles. The number of aromatic nitrogens is 5. The molecular weight excluding hydrogens is 528 g/mol. The number of aryl methyl sites for hydroxylation is 2. The van der Waals surface area contributed by atoms with Crippen LogP contribution < -0.4 is 5.56 Å². The maximum Gasteiger partial charge on any atom is 0.253 e. The molecule has 0 radical (unpaired) electrons. The van der Waals surface area contributed by atoms with Gasteiger partial charge in [0.15, 0.2) is 5.82 Å². The summed E-state index contributed by atoms with van der Waals surface area (Å²) >= 11 is 6.62. The van der Waals surface area contributed by atoms with E-state index in [1.807, 2.05) is 67.6 Å². The Bertz CT molecular complexity index is 1810. The zero-order valence-corrected chi connectivity index (χ0v) is 22.8. The number of hydrogen-bond acceptors (Lipinski definition) is 7. The number of pyridine rings is 1. The van der Waals surface area contributed by atoms with Crippen molar-refractivity contribution < 1.29 is 8.83 Å². The van der Waals surface area contributed by atoms with Crippen molar-refractivity contribution in [2.75, 3.05) is 0 Å². The highest BCUT2D eigenvalue weighted by Crippen LogP contribution is 2.32. The van der Waals surface area contributed by atoms with E-state index in [-0.39, 0.29) is 5.56 Å². The molecule has 0 aliphatic heterocycles. The van der Waals surface area contributed by atoms with Crippen LogP contribution in [0.1, 0.15) is 45.6 Å². The average molecular weight is 555 g/mol. The summed E-state index contributed by atoms with van der Waals surface area (Å²) in [4.78, 5) is 19.0. The number of halogens is 1. The number of nitrogens with zero attached hydrogens (tertiary/aromatic N) is 5. The van der Waals surface area contributed by atoms with Crippen molar-refractivity contribution in [2.24, 2.45) is 0 Å². The van der Waals surface area contributed by atoms with Crippen LogP contribution in [0.4, 0.5) is 0 Å². The van der Waals surface area contributed by atoms with Gasteiger partial charge in [-0.15, -0.1) is 5.10 Å². The molecule has 4 aromatic heterocycles. The minimum Gasteiger partial charge on any atom is -0.468 e. The lowest BCUT2D eigenvalue weighted by molar-refractivity contribution is 0.179. The third-order valence-electron chi connectivity index (χ3n) is 7.11. The van der Waals surface area contributed by atoms with Crippen molar-refractivity contribution in [1.82, 2.24) is 30.1 Å². The van der Waals surface area contributed by atoms with Gasteiger partial charge in [0.25, 0.3) is 5.56 Å². The summed E-state index contributed by atoms with van der Waals surface area (Å²) in [6.45, 7) is 5.17. The van der Waals surface area contributed by atoms with Gasteiger partial charge in [0, 0.05) is 22.6 Å². The van der Waals surface area contributed by atoms with Crippen LogP contribution in [-0.4, -0.2) is 30.1 Å². The first-order valence-corrected chi connectivity index (χ1v) is 13.3. The third-order valence-corrected chi connectivity index (χ3v) is 7.48. The Balaban J connectivity index is 1.55. The second-order valence-corrected chi connectivity index (χ2v) is 10.2. The molecule has 202 valence electrons. The summed E-state index contributed by atoms with van der Waals surface area (Å²) in [5.41, 5.74) is 4.19. The quantitative estimate of drug-likeness (QED) is 0.240. The number of tetrazole rings is 1. The van der Waals surface area contributed by atoms with Gasteiger partial charge < -0.3 is 13.8 Å². The molecule has 1 N–H and O–H groups in total. The zero-order valence-electron chi connectivity index (χ0n) is 22.0. The monoisotopic (exact) mass is 554 g/mol. The van der Waals surface area contributed by atoms with Crippen molar-refractivity contribution in [2.45, 2.75) is 39.5 Å². The van der Waals surface area contributed by atoms with Gasteiger partial charge in [-0.3, -0.25) is 9.69 Å². The second-order valence-electron chi connectivity index (χ2n) is 9.83. The van der Waals surface area contributed by atoms with E-state index in [0.717, 1.165) is 33.4 Å². The SMILES string of the molecule is Cc1cc2cc([C@@H](c3nnnn3Cc3ccco3)N(Cc3ccco3)Cc3ccccc3Cl)c(=O)[nH]c2cc1C. The first-order valence-electron chi connectivity index (χ1n) is 12.9. The fourth-order valence-corrected chi connectivity index (χ4v) is 5.15. The van der Waals surface area contributed by atoms with Gasteiger partial charge in [0.1, 0.15) is 24.1 Å². The Morgan fingerprint density at radius 3 is 2.45 bits per heavy atom. The molecule has 0 aliphatic rings. The topological polar surface area (TPSA) is 106 Å². The number of nitrogens with one attached hydrogen (secondary N) is 1. The fraction of sp³-hybridized carbons (Fsp3) is 0.200. The van der Waals surface area contributed by atoms with Crippen molar-refractivity contribution in [3.05, 3.63) is 134 Å². The second kappa shape index (κ2) is 11.0. The lowest BCUT2D eigenvalue weighted by Crippen LogP contribution is -2.35. The molecule has 1 atom stereocenters. The van der Waals surface area contributed by atoms with E-state index in [1.165, 1.54) is 0 Å². The maximum absolute atomic E-state index is 13.8. The van der Waals surface area contributed by atoms with Crippen LogP contribution >= 0.6 is 11.6 Å². The Labute approximate surface area is 235 Å². The standard InChI is InChI=1S/C30H27ClN6O3/c1-19-13-22-15-25(30(38)32-27(22)14-20(19)2)28(29-33-34-35-37(29)18-24-9-6-12-40-24)36(17-23-8-5-11-39-23)16-21-7-3-4-10-26(21)31/h3-15,28H,16-18H2,1-2H3,(H,32,38)/t28-/m0/s1. The Hall–Kier alpha value is -4.47. The molecule has 6 aromatic rings. The molecule has 0 spiro atoms. The number of benzene rings is 2. The maximum atomic E-state index is 13.8. The largest absolute Gasteiger partial charge is 0.468 e. The van der Waals surface area contributed by atoms with Crippen LogP contribution in [0.15, 0.2) is 92.9 Å². The molecule has 0 aliphatic carbocycles. The van der Waals surface area contributed by atoms with E-state index in [9.17, 15) is 4.79 Å². The highest BCUT2D eigenvalue weighted by atomic mass is 35.5. The normalized spacial score (nSPS) is 12.4. The van der Waals surface area contributed by atoms with Crippen molar-refractivity contribution >= 4 is 22.5 Å². The predicted octanol–water partition coefficient (Wildman–Crippen LogP) is 5.81. The minimum absolute atomic E-state index is 0.225. The summed E-state index contributed by atoms with van der Waals surface area (Å²) in [6.07, 6.45) is 3.24. The van der Waals surface area contributed by atoms with Crippen LogP contribution in [0.25, 0.3) is 10.9 Å². The van der Waals surface area contributed by atoms with Gasteiger partial charge >= 0.3 is 0 Å². The molecule has 0 fully saturated rings. The number of rotatable bonds is 9. The number of aromatic amines is 1.